The number of carbonyl (C=O) groups excluding carboxylic acids is 4. The topological polar surface area (TPSA) is 80.3 Å². The minimum Gasteiger partial charge on any atom is -0.354 e. The van der Waals surface area contributed by atoms with Gasteiger partial charge in [0.25, 0.3) is 0 Å². The van der Waals surface area contributed by atoms with Crippen molar-refractivity contribution in [1.82, 2.24) is 5.32 Å². The summed E-state index contributed by atoms with van der Waals surface area (Å²) in [4.78, 5) is 55.4. The second-order valence-corrected chi connectivity index (χ2v) is 8.33. The Morgan fingerprint density at radius 3 is 1.22 bits per heavy atom. The van der Waals surface area contributed by atoms with Crippen LogP contribution in [0.25, 0.3) is 11.4 Å². The van der Waals surface area contributed by atoms with Crippen molar-refractivity contribution in [1.29, 1.82) is 0 Å². The summed E-state index contributed by atoms with van der Waals surface area (Å²) in [5, 5.41) is 3.28. The summed E-state index contributed by atoms with van der Waals surface area (Å²) >= 11 is 0. The normalized spacial score (nSPS) is 19.1. The summed E-state index contributed by atoms with van der Waals surface area (Å²) in [5.41, 5.74) is 1.59. The highest BCUT2D eigenvalue weighted by molar-refractivity contribution is 6.45. The summed E-state index contributed by atoms with van der Waals surface area (Å²) in [6.45, 7) is 0. The van der Waals surface area contributed by atoms with Gasteiger partial charge in [-0.05, 0) is 0 Å². The Morgan fingerprint density at radius 1 is 0.469 bits per heavy atom. The molecule has 7 rings (SSSR count). The summed E-state index contributed by atoms with van der Waals surface area (Å²) in [6.07, 6.45) is 0. The molecule has 1 aliphatic heterocycles. The molecule has 1 N–H and O–H groups in total. The first-order valence-corrected chi connectivity index (χ1v) is 10.3. The van der Waals surface area contributed by atoms with E-state index < -0.39 is 28.5 Å². The minimum absolute atomic E-state index is 0.0600. The number of carbonyl (C=O) groups is 4. The Hall–Kier alpha value is -4.38. The van der Waals surface area contributed by atoms with Gasteiger partial charge in [-0.15, -0.1) is 0 Å². The van der Waals surface area contributed by atoms with Gasteiger partial charge in [0.05, 0.1) is 22.5 Å². The fourth-order valence-electron chi connectivity index (χ4n) is 5.63. The van der Waals surface area contributed by atoms with Gasteiger partial charge in [-0.1, -0.05) is 72.8 Å². The Labute approximate surface area is 182 Å². The number of hydrogen-bond acceptors (Lipinski definition) is 5. The van der Waals surface area contributed by atoms with E-state index in [-0.39, 0.29) is 22.3 Å². The molecule has 4 aliphatic rings. The molecular formula is C27H13NO4. The third-order valence-electron chi connectivity index (χ3n) is 6.93. The first kappa shape index (κ1) is 17.3. The third kappa shape index (κ3) is 1.66. The molecule has 0 atom stereocenters. The lowest BCUT2D eigenvalue weighted by Gasteiger charge is -2.33. The highest BCUT2D eigenvalue weighted by atomic mass is 16.2. The van der Waals surface area contributed by atoms with Crippen LogP contribution in [-0.2, 0) is 0 Å². The maximum atomic E-state index is 14.0. The zero-order valence-electron chi connectivity index (χ0n) is 16.6. The Bertz CT molecular complexity index is 1450. The molecule has 0 aromatic heterocycles. The van der Waals surface area contributed by atoms with Gasteiger partial charge in [-0.2, -0.15) is 0 Å². The van der Waals surface area contributed by atoms with Crippen molar-refractivity contribution < 1.29 is 19.2 Å². The van der Waals surface area contributed by atoms with E-state index in [9.17, 15) is 19.2 Å². The van der Waals surface area contributed by atoms with Gasteiger partial charge < -0.3 is 5.32 Å². The number of benzene rings is 3. The minimum atomic E-state index is -1.98. The van der Waals surface area contributed by atoms with Gasteiger partial charge in [0.15, 0.2) is 28.5 Å². The Morgan fingerprint density at radius 2 is 0.812 bits per heavy atom. The van der Waals surface area contributed by atoms with E-state index in [2.05, 4.69) is 5.32 Å². The molecule has 1 heterocycles. The Kier molecular flexibility index (Phi) is 2.95. The van der Waals surface area contributed by atoms with E-state index in [1.165, 1.54) is 0 Å². The lowest BCUT2D eigenvalue weighted by Crippen LogP contribution is -2.45. The van der Waals surface area contributed by atoms with Gasteiger partial charge in [0.2, 0.25) is 0 Å². The largest absolute Gasteiger partial charge is 0.354 e. The van der Waals surface area contributed by atoms with Crippen molar-refractivity contribution >= 4 is 34.5 Å². The van der Waals surface area contributed by atoms with E-state index in [1.54, 1.807) is 72.8 Å². The number of Topliss-reactive ketones (excluding diaryl/α,β-unsaturated/α-hetero) is 4. The van der Waals surface area contributed by atoms with Crippen LogP contribution >= 0.6 is 0 Å². The predicted octanol–water partition coefficient (Wildman–Crippen LogP) is 3.87. The Balaban J connectivity index is 1.63. The number of hydrogen-bond donors (Lipinski definition) is 1. The molecule has 5 nitrogen and oxygen atoms in total. The van der Waals surface area contributed by atoms with Crippen LogP contribution in [0.4, 0.5) is 0 Å². The number of ketones is 4. The van der Waals surface area contributed by atoms with Crippen molar-refractivity contribution in [2.45, 2.75) is 0 Å². The first-order chi connectivity index (χ1) is 15.6. The van der Waals surface area contributed by atoms with Crippen LogP contribution in [0.3, 0.4) is 0 Å². The molecule has 3 aromatic rings. The molecular weight excluding hydrogens is 402 g/mol. The first-order valence-electron chi connectivity index (χ1n) is 10.3. The summed E-state index contributed by atoms with van der Waals surface area (Å²) < 4.78 is 0. The maximum absolute atomic E-state index is 14.0. The van der Waals surface area contributed by atoms with Gasteiger partial charge in [0, 0.05) is 33.4 Å². The van der Waals surface area contributed by atoms with Gasteiger partial charge in [-0.25, -0.2) is 0 Å². The quantitative estimate of drug-likeness (QED) is 0.564. The molecule has 3 aromatic carbocycles. The molecule has 0 radical (unpaired) electrons. The molecule has 1 spiro atoms. The van der Waals surface area contributed by atoms with E-state index in [4.69, 9.17) is 0 Å². The second-order valence-electron chi connectivity index (χ2n) is 8.33. The van der Waals surface area contributed by atoms with Gasteiger partial charge in [0.1, 0.15) is 0 Å². The molecule has 0 fully saturated rings. The molecule has 0 saturated heterocycles. The monoisotopic (exact) mass is 415 g/mol. The van der Waals surface area contributed by atoms with Crippen LogP contribution in [-0.4, -0.2) is 23.1 Å². The molecule has 0 amide bonds. The van der Waals surface area contributed by atoms with Crippen molar-refractivity contribution in [2.24, 2.45) is 5.41 Å². The van der Waals surface area contributed by atoms with E-state index in [0.29, 0.717) is 33.6 Å². The maximum Gasteiger partial charge on any atom is 0.193 e. The van der Waals surface area contributed by atoms with Crippen LogP contribution in [0.1, 0.15) is 52.6 Å². The molecule has 150 valence electrons. The van der Waals surface area contributed by atoms with E-state index in [0.717, 1.165) is 0 Å². The average Bonchev–Trinajstić information content (AvgIpc) is 3.37. The predicted molar refractivity (Wildman–Crippen MR) is 116 cm³/mol. The summed E-state index contributed by atoms with van der Waals surface area (Å²) in [6, 6.07) is 20.6. The highest BCUT2D eigenvalue weighted by Crippen LogP contribution is 2.59. The van der Waals surface area contributed by atoms with E-state index in [1.807, 2.05) is 0 Å². The van der Waals surface area contributed by atoms with Crippen LogP contribution in [0, 0.1) is 5.41 Å². The van der Waals surface area contributed by atoms with Gasteiger partial charge in [-0.3, -0.25) is 19.2 Å². The van der Waals surface area contributed by atoms with Crippen LogP contribution in [0.15, 0.2) is 83.9 Å². The number of nitrogens with one attached hydrogen (secondary N) is 1. The summed E-state index contributed by atoms with van der Waals surface area (Å²) in [5.74, 6) is -1.82. The number of rotatable bonds is 0. The lowest BCUT2D eigenvalue weighted by molar-refractivity contribution is 0.0741. The number of fused-ring (bicyclic) bond motifs is 7. The third-order valence-corrected chi connectivity index (χ3v) is 6.93. The molecule has 3 aliphatic carbocycles. The summed E-state index contributed by atoms with van der Waals surface area (Å²) in [7, 11) is 0. The molecule has 5 heteroatoms. The second kappa shape index (κ2) is 5.45. The van der Waals surface area contributed by atoms with Crippen molar-refractivity contribution in [3.8, 4) is 0 Å². The average molecular weight is 415 g/mol. The SMILES string of the molecule is O=C1C2=C(NC3=C(C(=O)c4ccccc43)C23C(=O)c2ccccc2C3=O)c2ccccc21. The van der Waals surface area contributed by atoms with Crippen LogP contribution in [0.5, 0.6) is 0 Å². The fraction of sp³-hybridized carbons (Fsp3) is 0.0370. The van der Waals surface area contributed by atoms with Crippen molar-refractivity contribution in [3.63, 3.8) is 0 Å². The zero-order chi connectivity index (χ0) is 21.8. The standard InChI is InChI=1S/C27H13NO4/c29-23-15-9-3-1-7-13(15)21-19(23)27(25(31)17-11-5-6-12-18(17)26(27)32)20-22(28-21)14-8-2-4-10-16(14)24(20)30/h1-12,28H. The number of dihydropyridines is 1. The van der Waals surface area contributed by atoms with Gasteiger partial charge >= 0.3 is 0 Å². The fourth-order valence-corrected chi connectivity index (χ4v) is 5.63. The van der Waals surface area contributed by atoms with Crippen LogP contribution in [0.2, 0.25) is 0 Å². The lowest BCUT2D eigenvalue weighted by atomic mass is 9.66. The zero-order valence-corrected chi connectivity index (χ0v) is 16.6. The molecule has 32 heavy (non-hydrogen) atoms. The smallest absolute Gasteiger partial charge is 0.193 e. The highest BCUT2D eigenvalue weighted by Gasteiger charge is 2.66. The molecule has 0 saturated carbocycles. The van der Waals surface area contributed by atoms with Crippen molar-refractivity contribution in [3.05, 3.63) is 117 Å². The van der Waals surface area contributed by atoms with Crippen molar-refractivity contribution in [2.75, 3.05) is 0 Å². The number of allylic oxidation sites excluding steroid dienone is 2. The molecule has 0 bridgehead atoms. The van der Waals surface area contributed by atoms with Crippen LogP contribution < -0.4 is 5.32 Å². The molecule has 0 unspecified atom stereocenters. The van der Waals surface area contributed by atoms with E-state index >= 15 is 0 Å².